The lowest BCUT2D eigenvalue weighted by molar-refractivity contribution is 0.630. The predicted octanol–water partition coefficient (Wildman–Crippen LogP) is 1.40. The molecular weight excluding hydrogens is 98.1 g/mol. The summed E-state index contributed by atoms with van der Waals surface area (Å²) < 4.78 is 0. The lowest BCUT2D eigenvalue weighted by atomic mass is 10.3. The fourth-order valence-corrected chi connectivity index (χ4v) is 0.889. The monoisotopic (exact) mass is 113 g/mol. The van der Waals surface area contributed by atoms with Gasteiger partial charge in [-0.15, -0.1) is 0 Å². The van der Waals surface area contributed by atoms with Gasteiger partial charge in [0.05, 0.1) is 0 Å². The molecule has 0 spiro atoms. The van der Waals surface area contributed by atoms with Crippen molar-refractivity contribution in [2.45, 2.75) is 26.2 Å². The van der Waals surface area contributed by atoms with Crippen molar-refractivity contribution in [2.75, 3.05) is 13.1 Å². The summed E-state index contributed by atoms with van der Waals surface area (Å²) in [5, 5.41) is 3.32. The van der Waals surface area contributed by atoms with Crippen molar-refractivity contribution in [1.82, 2.24) is 5.32 Å². The molecule has 0 radical (unpaired) electrons. The zero-order valence-electron chi connectivity index (χ0n) is 5.61. The molecule has 0 aliphatic heterocycles. The number of hydrogen-bond donors (Lipinski definition) is 1. The Morgan fingerprint density at radius 2 is 2.25 bits per heavy atom. The third-order valence-corrected chi connectivity index (χ3v) is 1.68. The Balaban J connectivity index is 1.74. The summed E-state index contributed by atoms with van der Waals surface area (Å²) >= 11 is 0. The van der Waals surface area contributed by atoms with Crippen LogP contribution < -0.4 is 5.32 Å². The van der Waals surface area contributed by atoms with Crippen LogP contribution in [0.25, 0.3) is 0 Å². The Labute approximate surface area is 51.5 Å². The van der Waals surface area contributed by atoms with E-state index in [9.17, 15) is 0 Å². The van der Waals surface area contributed by atoms with Gasteiger partial charge >= 0.3 is 0 Å². The summed E-state index contributed by atoms with van der Waals surface area (Å²) in [6.07, 6.45) is 4.39. The Bertz CT molecular complexity index is 57.4. The van der Waals surface area contributed by atoms with E-state index >= 15 is 0 Å². The first-order chi connectivity index (χ1) is 3.93. The van der Waals surface area contributed by atoms with Gasteiger partial charge in [0.1, 0.15) is 0 Å². The van der Waals surface area contributed by atoms with Crippen molar-refractivity contribution in [1.29, 1.82) is 0 Å². The van der Waals surface area contributed by atoms with E-state index in [2.05, 4.69) is 12.2 Å². The molecule has 0 aromatic carbocycles. The van der Waals surface area contributed by atoms with Gasteiger partial charge in [-0.25, -0.2) is 0 Å². The van der Waals surface area contributed by atoms with Crippen LogP contribution in [-0.2, 0) is 0 Å². The number of nitrogens with one attached hydrogen (secondary N) is 1. The Morgan fingerprint density at radius 1 is 1.50 bits per heavy atom. The van der Waals surface area contributed by atoms with Gasteiger partial charge in [0, 0.05) is 0 Å². The molecule has 0 atom stereocenters. The third-order valence-electron chi connectivity index (χ3n) is 1.68. The molecule has 1 nitrogen and oxygen atoms in total. The molecule has 0 bridgehead atoms. The zero-order valence-corrected chi connectivity index (χ0v) is 5.61. The minimum atomic E-state index is 1.09. The van der Waals surface area contributed by atoms with E-state index in [1.165, 1.54) is 25.8 Å². The molecule has 0 heterocycles. The molecule has 1 aliphatic carbocycles. The largest absolute Gasteiger partial charge is 0.317 e. The average molecular weight is 113 g/mol. The second kappa shape index (κ2) is 3.08. The quantitative estimate of drug-likeness (QED) is 0.543. The third kappa shape index (κ3) is 2.31. The van der Waals surface area contributed by atoms with Crippen LogP contribution in [0.3, 0.4) is 0 Å². The number of hydrogen-bond acceptors (Lipinski definition) is 1. The van der Waals surface area contributed by atoms with Crippen molar-refractivity contribution in [3.8, 4) is 0 Å². The molecule has 1 aliphatic rings. The van der Waals surface area contributed by atoms with Gasteiger partial charge in [-0.1, -0.05) is 19.8 Å². The van der Waals surface area contributed by atoms with Crippen molar-refractivity contribution < 1.29 is 0 Å². The molecule has 0 unspecified atom stereocenters. The van der Waals surface area contributed by atoms with Gasteiger partial charge in [-0.2, -0.15) is 0 Å². The molecule has 0 saturated heterocycles. The topological polar surface area (TPSA) is 12.0 Å². The summed E-state index contributed by atoms with van der Waals surface area (Å²) in [7, 11) is 0. The Kier molecular flexibility index (Phi) is 2.34. The standard InChI is InChI=1S/C7H15N/c1-2-8-6-5-7-3-4-7/h7-8H,2-6H2,1H3. The fraction of sp³-hybridized carbons (Fsp3) is 1.00. The average Bonchev–Trinajstić information content (AvgIpc) is 2.51. The smallest absolute Gasteiger partial charge is 0.00464 e. The van der Waals surface area contributed by atoms with Crippen LogP contribution in [0.1, 0.15) is 26.2 Å². The lowest BCUT2D eigenvalue weighted by Crippen LogP contribution is -2.14. The van der Waals surface area contributed by atoms with Gasteiger partial charge < -0.3 is 5.32 Å². The molecule has 1 fully saturated rings. The Hall–Kier alpha value is -0.0400. The first-order valence-electron chi connectivity index (χ1n) is 3.64. The fourth-order valence-electron chi connectivity index (χ4n) is 0.889. The van der Waals surface area contributed by atoms with Gasteiger partial charge in [-0.05, 0) is 25.4 Å². The minimum Gasteiger partial charge on any atom is -0.317 e. The van der Waals surface area contributed by atoms with Crippen LogP contribution in [0.2, 0.25) is 0 Å². The first kappa shape index (κ1) is 6.09. The summed E-state index contributed by atoms with van der Waals surface area (Å²) in [4.78, 5) is 0. The van der Waals surface area contributed by atoms with Crippen molar-refractivity contribution in [3.63, 3.8) is 0 Å². The zero-order chi connectivity index (χ0) is 5.82. The summed E-state index contributed by atoms with van der Waals surface area (Å²) in [6.45, 7) is 4.53. The lowest BCUT2D eigenvalue weighted by Gasteiger charge is -1.96. The molecular formula is C7H15N. The van der Waals surface area contributed by atoms with Crippen LogP contribution in [0.4, 0.5) is 0 Å². The molecule has 8 heavy (non-hydrogen) atoms. The highest BCUT2D eigenvalue weighted by atomic mass is 14.8. The van der Waals surface area contributed by atoms with Crippen LogP contribution in [0.5, 0.6) is 0 Å². The van der Waals surface area contributed by atoms with E-state index < -0.39 is 0 Å². The molecule has 0 aromatic heterocycles. The highest BCUT2D eigenvalue weighted by molar-refractivity contribution is 4.73. The van der Waals surface area contributed by atoms with Gasteiger partial charge in [-0.3, -0.25) is 0 Å². The minimum absolute atomic E-state index is 1.09. The van der Waals surface area contributed by atoms with E-state index in [0.717, 1.165) is 12.5 Å². The van der Waals surface area contributed by atoms with Crippen molar-refractivity contribution >= 4 is 0 Å². The molecule has 1 N–H and O–H groups in total. The normalized spacial score (nSPS) is 19.1. The van der Waals surface area contributed by atoms with Crippen LogP contribution in [0, 0.1) is 5.92 Å². The van der Waals surface area contributed by atoms with E-state index in [-0.39, 0.29) is 0 Å². The summed E-state index contributed by atoms with van der Waals surface area (Å²) in [5.74, 6) is 1.09. The highest BCUT2D eigenvalue weighted by Crippen LogP contribution is 2.31. The molecule has 48 valence electrons. The van der Waals surface area contributed by atoms with Crippen LogP contribution in [0.15, 0.2) is 0 Å². The molecule has 0 amide bonds. The molecule has 0 aromatic rings. The van der Waals surface area contributed by atoms with Crippen molar-refractivity contribution in [2.24, 2.45) is 5.92 Å². The maximum Gasteiger partial charge on any atom is -0.00464 e. The maximum absolute atomic E-state index is 3.32. The first-order valence-corrected chi connectivity index (χ1v) is 3.64. The SMILES string of the molecule is CCNCCC1CC1. The van der Waals surface area contributed by atoms with Crippen LogP contribution >= 0.6 is 0 Å². The predicted molar refractivity (Wildman–Crippen MR) is 35.9 cm³/mol. The van der Waals surface area contributed by atoms with Crippen LogP contribution in [-0.4, -0.2) is 13.1 Å². The van der Waals surface area contributed by atoms with Crippen molar-refractivity contribution in [3.05, 3.63) is 0 Å². The van der Waals surface area contributed by atoms with Gasteiger partial charge in [0.2, 0.25) is 0 Å². The second-order valence-corrected chi connectivity index (χ2v) is 2.59. The van der Waals surface area contributed by atoms with Gasteiger partial charge in [0.25, 0.3) is 0 Å². The molecule has 1 rings (SSSR count). The highest BCUT2D eigenvalue weighted by Gasteiger charge is 2.19. The number of rotatable bonds is 4. The molecule has 1 heteroatoms. The maximum atomic E-state index is 3.32. The van der Waals surface area contributed by atoms with E-state index in [4.69, 9.17) is 0 Å². The van der Waals surface area contributed by atoms with Gasteiger partial charge in [0.15, 0.2) is 0 Å². The summed E-state index contributed by atoms with van der Waals surface area (Å²) in [5.41, 5.74) is 0. The Morgan fingerprint density at radius 3 is 2.75 bits per heavy atom. The van der Waals surface area contributed by atoms with E-state index in [1.54, 1.807) is 0 Å². The van der Waals surface area contributed by atoms with E-state index in [1.807, 2.05) is 0 Å². The molecule has 1 saturated carbocycles. The van der Waals surface area contributed by atoms with E-state index in [0.29, 0.717) is 0 Å². The second-order valence-electron chi connectivity index (χ2n) is 2.59. The summed E-state index contributed by atoms with van der Waals surface area (Å²) in [6, 6.07) is 0.